The van der Waals surface area contributed by atoms with Crippen LogP contribution in [0.25, 0.3) is 11.0 Å². The third-order valence-electron chi connectivity index (χ3n) is 6.53. The normalized spacial score (nSPS) is 11.9. The molecule has 37 heavy (non-hydrogen) atoms. The summed E-state index contributed by atoms with van der Waals surface area (Å²) in [4.78, 5) is 24.7. The molecule has 1 aromatic heterocycles. The average molecular weight is 499 g/mol. The van der Waals surface area contributed by atoms with Gasteiger partial charge in [-0.3, -0.25) is 4.79 Å². The summed E-state index contributed by atoms with van der Waals surface area (Å²) in [5.74, 6) is 1.84. The molecular weight excluding hydrogens is 464 g/mol. The quantitative estimate of drug-likeness (QED) is 0.231. The molecule has 1 heterocycles. The molecule has 1 N–H and O–H groups in total. The van der Waals surface area contributed by atoms with Crippen LogP contribution >= 0.6 is 0 Å². The fourth-order valence-corrected chi connectivity index (χ4v) is 4.34. The van der Waals surface area contributed by atoms with Gasteiger partial charge in [-0.1, -0.05) is 44.2 Å². The summed E-state index contributed by atoms with van der Waals surface area (Å²) in [6.07, 6.45) is 1.15. The number of hydrogen-bond donors (Lipinski definition) is 1. The summed E-state index contributed by atoms with van der Waals surface area (Å²) < 4.78 is 12.4. The zero-order valence-electron chi connectivity index (χ0n) is 21.9. The molecule has 1 atom stereocenters. The molecule has 0 aliphatic rings. The van der Waals surface area contributed by atoms with E-state index in [0.29, 0.717) is 25.1 Å². The first-order chi connectivity index (χ1) is 17.9. The lowest BCUT2D eigenvalue weighted by atomic mass is 9.97. The van der Waals surface area contributed by atoms with Crippen molar-refractivity contribution in [3.05, 3.63) is 95.2 Å². The molecule has 0 aliphatic heterocycles. The molecule has 0 bridgehead atoms. The fourth-order valence-electron chi connectivity index (χ4n) is 4.34. The number of carbonyl (C=O) groups excluding carboxylic acids is 2. The maximum atomic E-state index is 12.6. The van der Waals surface area contributed by atoms with Gasteiger partial charge in [-0.05, 0) is 60.9 Å². The molecule has 192 valence electrons. The molecule has 1 amide bonds. The van der Waals surface area contributed by atoms with E-state index >= 15 is 0 Å². The number of carbonyl (C=O) groups is 2. The third-order valence-corrected chi connectivity index (χ3v) is 6.53. The Balaban J connectivity index is 1.51. The van der Waals surface area contributed by atoms with Gasteiger partial charge in [0.05, 0.1) is 6.04 Å². The molecule has 0 radical (unpaired) electrons. The Kier molecular flexibility index (Phi) is 8.29. The van der Waals surface area contributed by atoms with Crippen LogP contribution < -0.4 is 10.1 Å². The molecule has 4 aromatic rings. The van der Waals surface area contributed by atoms with Crippen molar-refractivity contribution in [1.82, 2.24) is 4.90 Å². The monoisotopic (exact) mass is 498 g/mol. The number of anilines is 1. The number of amides is 1. The van der Waals surface area contributed by atoms with Crippen LogP contribution in [0, 0.1) is 12.8 Å². The number of aldehydes is 1. The highest BCUT2D eigenvalue weighted by Gasteiger charge is 2.24. The van der Waals surface area contributed by atoms with Crippen molar-refractivity contribution in [3.8, 4) is 5.75 Å². The van der Waals surface area contributed by atoms with E-state index in [0.717, 1.165) is 45.6 Å². The van der Waals surface area contributed by atoms with E-state index in [1.807, 2.05) is 60.7 Å². The summed E-state index contributed by atoms with van der Waals surface area (Å²) in [5, 5.41) is 4.63. The second-order valence-corrected chi connectivity index (χ2v) is 9.65. The fraction of sp³-hybridized carbons (Fsp3) is 0.290. The Hall–Kier alpha value is -4.06. The maximum absolute atomic E-state index is 12.6. The highest BCUT2D eigenvalue weighted by atomic mass is 16.5. The van der Waals surface area contributed by atoms with Crippen LogP contribution in [0.5, 0.6) is 5.75 Å². The minimum atomic E-state index is -0.104. The Labute approximate surface area is 218 Å². The lowest BCUT2D eigenvalue weighted by Crippen LogP contribution is -2.27. The van der Waals surface area contributed by atoms with Crippen molar-refractivity contribution < 1.29 is 18.7 Å². The number of fused-ring (bicyclic) bond motifs is 1. The van der Waals surface area contributed by atoms with E-state index < -0.39 is 0 Å². The number of rotatable bonds is 11. The topological polar surface area (TPSA) is 71.8 Å². The summed E-state index contributed by atoms with van der Waals surface area (Å²) in [6, 6.07) is 23.4. The van der Waals surface area contributed by atoms with Crippen LogP contribution in [-0.2, 0) is 11.4 Å². The van der Waals surface area contributed by atoms with E-state index in [2.05, 4.69) is 26.1 Å². The second-order valence-electron chi connectivity index (χ2n) is 9.65. The van der Waals surface area contributed by atoms with Gasteiger partial charge < -0.3 is 24.2 Å². The summed E-state index contributed by atoms with van der Waals surface area (Å²) in [7, 11) is 1.70. The van der Waals surface area contributed by atoms with Gasteiger partial charge in [-0.15, -0.1) is 0 Å². The standard InChI is InChI=1S/C31H34N2O4/c1-21(2)29(32-25-13-11-24(12-14-25)31(35)33(4)17-8-18-34)30-22(3)27-19-26(15-16-28(27)37-30)36-20-23-9-6-5-7-10-23/h5-7,9-16,18-19,21,29,32H,8,17,20H2,1-4H3. The van der Waals surface area contributed by atoms with E-state index in [1.54, 1.807) is 24.1 Å². The molecule has 1 unspecified atom stereocenters. The van der Waals surface area contributed by atoms with Crippen molar-refractivity contribution >= 4 is 28.8 Å². The first-order valence-corrected chi connectivity index (χ1v) is 12.6. The first kappa shape index (κ1) is 26.0. The zero-order valence-corrected chi connectivity index (χ0v) is 21.9. The van der Waals surface area contributed by atoms with Gasteiger partial charge in [-0.2, -0.15) is 0 Å². The van der Waals surface area contributed by atoms with E-state index in [4.69, 9.17) is 9.15 Å². The van der Waals surface area contributed by atoms with Crippen molar-refractivity contribution in [2.75, 3.05) is 18.9 Å². The Morgan fingerprint density at radius 1 is 1.05 bits per heavy atom. The smallest absolute Gasteiger partial charge is 0.253 e. The van der Waals surface area contributed by atoms with Crippen LogP contribution in [0.3, 0.4) is 0 Å². The number of aryl methyl sites for hydroxylation is 1. The van der Waals surface area contributed by atoms with Gasteiger partial charge in [0.25, 0.3) is 5.91 Å². The lowest BCUT2D eigenvalue weighted by molar-refractivity contribution is -0.108. The van der Waals surface area contributed by atoms with Crippen molar-refractivity contribution in [3.63, 3.8) is 0 Å². The minimum absolute atomic E-state index is 0.0575. The number of nitrogens with one attached hydrogen (secondary N) is 1. The molecule has 3 aromatic carbocycles. The Bertz CT molecular complexity index is 1340. The molecule has 0 spiro atoms. The predicted molar refractivity (Wildman–Crippen MR) is 147 cm³/mol. The summed E-state index contributed by atoms with van der Waals surface area (Å²) in [6.45, 7) is 7.30. The van der Waals surface area contributed by atoms with Crippen LogP contribution in [0.1, 0.15) is 53.6 Å². The van der Waals surface area contributed by atoms with Crippen LogP contribution in [0.4, 0.5) is 5.69 Å². The van der Waals surface area contributed by atoms with Gasteiger partial charge >= 0.3 is 0 Å². The molecule has 0 saturated heterocycles. The van der Waals surface area contributed by atoms with Gasteiger partial charge in [0.2, 0.25) is 0 Å². The second kappa shape index (κ2) is 11.8. The zero-order chi connectivity index (χ0) is 26.4. The van der Waals surface area contributed by atoms with E-state index in [1.165, 1.54) is 0 Å². The van der Waals surface area contributed by atoms with E-state index in [-0.39, 0.29) is 17.9 Å². The highest BCUT2D eigenvalue weighted by Crippen LogP contribution is 2.36. The van der Waals surface area contributed by atoms with Crippen LogP contribution in [0.15, 0.2) is 77.2 Å². The molecule has 6 heteroatoms. The van der Waals surface area contributed by atoms with Gasteiger partial charge in [0.15, 0.2) is 0 Å². The van der Waals surface area contributed by atoms with Crippen LogP contribution in [0.2, 0.25) is 0 Å². The van der Waals surface area contributed by atoms with Crippen molar-refractivity contribution in [1.29, 1.82) is 0 Å². The number of hydrogen-bond acceptors (Lipinski definition) is 5. The Morgan fingerprint density at radius 3 is 2.46 bits per heavy atom. The van der Waals surface area contributed by atoms with Crippen molar-refractivity contribution in [2.45, 2.75) is 39.8 Å². The number of benzene rings is 3. The summed E-state index contributed by atoms with van der Waals surface area (Å²) >= 11 is 0. The molecule has 6 nitrogen and oxygen atoms in total. The lowest BCUT2D eigenvalue weighted by Gasteiger charge is -2.23. The summed E-state index contributed by atoms with van der Waals surface area (Å²) in [5.41, 5.74) is 4.51. The minimum Gasteiger partial charge on any atom is -0.489 e. The Morgan fingerprint density at radius 2 is 1.78 bits per heavy atom. The van der Waals surface area contributed by atoms with E-state index in [9.17, 15) is 9.59 Å². The van der Waals surface area contributed by atoms with Gasteiger partial charge in [0, 0.05) is 42.2 Å². The number of ether oxygens (including phenoxy) is 1. The molecule has 0 fully saturated rings. The average Bonchev–Trinajstić information content (AvgIpc) is 3.24. The van der Waals surface area contributed by atoms with Gasteiger partial charge in [-0.25, -0.2) is 0 Å². The predicted octanol–water partition coefficient (Wildman–Crippen LogP) is 6.79. The molecule has 0 saturated carbocycles. The van der Waals surface area contributed by atoms with Gasteiger partial charge in [0.1, 0.15) is 30.0 Å². The van der Waals surface area contributed by atoms with Crippen LogP contribution in [-0.4, -0.2) is 30.7 Å². The maximum Gasteiger partial charge on any atom is 0.253 e. The first-order valence-electron chi connectivity index (χ1n) is 12.6. The molecule has 4 rings (SSSR count). The van der Waals surface area contributed by atoms with Crippen molar-refractivity contribution in [2.24, 2.45) is 5.92 Å². The third kappa shape index (κ3) is 6.20. The largest absolute Gasteiger partial charge is 0.489 e. The number of furan rings is 1. The number of nitrogens with zero attached hydrogens (tertiary/aromatic N) is 1. The highest BCUT2D eigenvalue weighted by molar-refractivity contribution is 5.94. The molecular formula is C31H34N2O4. The SMILES string of the molecule is Cc1c(C(Nc2ccc(C(=O)N(C)CCC=O)cc2)C(C)C)oc2ccc(OCc3ccccc3)cc12. The molecule has 0 aliphatic carbocycles.